The molecule has 3 rings (SSSR count). The molecule has 0 fully saturated rings. The lowest BCUT2D eigenvalue weighted by molar-refractivity contribution is 0.484. The molecule has 0 saturated heterocycles. The molecule has 0 saturated carbocycles. The highest BCUT2D eigenvalue weighted by molar-refractivity contribution is 6.30. The summed E-state index contributed by atoms with van der Waals surface area (Å²) >= 11 is 6.02. The monoisotopic (exact) mass is 284 g/mol. The molecule has 3 nitrogen and oxygen atoms in total. The summed E-state index contributed by atoms with van der Waals surface area (Å²) < 4.78 is 5.99. The average Bonchev–Trinajstić information content (AvgIpc) is 2.46. The summed E-state index contributed by atoms with van der Waals surface area (Å²) in [6.07, 6.45) is 3.46. The predicted octanol–water partition coefficient (Wildman–Crippen LogP) is 4.57. The molecule has 2 N–H and O–H groups in total. The Morgan fingerprint density at radius 1 is 1.05 bits per heavy atom. The first-order chi connectivity index (χ1) is 9.65. The highest BCUT2D eigenvalue weighted by atomic mass is 35.5. The number of fused-ring (bicyclic) bond motifs is 1. The zero-order chi connectivity index (χ0) is 14.1. The number of aromatic nitrogens is 1. The summed E-state index contributed by atoms with van der Waals surface area (Å²) in [4.78, 5) is 4.10. The smallest absolute Gasteiger partial charge is 0.135 e. The van der Waals surface area contributed by atoms with Crippen molar-refractivity contribution < 1.29 is 4.74 Å². The summed E-state index contributed by atoms with van der Waals surface area (Å²) in [5, 5.41) is 2.45. The Morgan fingerprint density at radius 2 is 1.90 bits per heavy atom. The molecule has 0 bridgehead atoms. The molecular formula is C16H13ClN2O. The lowest BCUT2D eigenvalue weighted by atomic mass is 10.1. The number of benzene rings is 2. The van der Waals surface area contributed by atoms with Crippen molar-refractivity contribution in [2.75, 3.05) is 5.73 Å². The molecule has 1 heterocycles. The van der Waals surface area contributed by atoms with E-state index in [1.54, 1.807) is 18.5 Å². The molecule has 3 aromatic rings. The second-order valence-electron chi connectivity index (χ2n) is 4.59. The largest absolute Gasteiger partial charge is 0.456 e. The van der Waals surface area contributed by atoms with Crippen LogP contribution >= 0.6 is 11.6 Å². The van der Waals surface area contributed by atoms with Crippen LogP contribution in [-0.2, 0) is 0 Å². The number of hydrogen-bond acceptors (Lipinski definition) is 3. The van der Waals surface area contributed by atoms with Gasteiger partial charge in [-0.2, -0.15) is 0 Å². The number of halogens is 1. The van der Waals surface area contributed by atoms with Gasteiger partial charge < -0.3 is 10.5 Å². The topological polar surface area (TPSA) is 48.1 Å². The fourth-order valence-electron chi connectivity index (χ4n) is 2.08. The molecule has 0 radical (unpaired) electrons. The molecule has 0 unspecified atom stereocenters. The molecule has 0 aliphatic rings. The van der Waals surface area contributed by atoms with E-state index in [4.69, 9.17) is 22.1 Å². The molecule has 0 aliphatic carbocycles. The zero-order valence-corrected chi connectivity index (χ0v) is 11.7. The third kappa shape index (κ3) is 2.28. The minimum atomic E-state index is 0.645. The van der Waals surface area contributed by atoms with Crippen molar-refractivity contribution in [2.24, 2.45) is 0 Å². The van der Waals surface area contributed by atoms with Gasteiger partial charge in [0.1, 0.15) is 11.5 Å². The highest BCUT2D eigenvalue weighted by Crippen LogP contribution is 2.34. The Morgan fingerprint density at radius 3 is 2.75 bits per heavy atom. The van der Waals surface area contributed by atoms with E-state index in [0.29, 0.717) is 10.7 Å². The van der Waals surface area contributed by atoms with E-state index < -0.39 is 0 Å². The lowest BCUT2D eigenvalue weighted by Crippen LogP contribution is -1.92. The number of nitrogen functional groups attached to an aromatic ring is 1. The van der Waals surface area contributed by atoms with Gasteiger partial charge in [-0.05, 0) is 42.8 Å². The fourth-order valence-corrected chi connectivity index (χ4v) is 2.24. The summed E-state index contributed by atoms with van der Waals surface area (Å²) in [7, 11) is 0. The van der Waals surface area contributed by atoms with Crippen molar-refractivity contribution >= 4 is 28.1 Å². The van der Waals surface area contributed by atoms with Crippen molar-refractivity contribution in [2.45, 2.75) is 6.92 Å². The van der Waals surface area contributed by atoms with Crippen LogP contribution in [0.15, 0.2) is 48.8 Å². The van der Waals surface area contributed by atoms with Crippen LogP contribution in [0.5, 0.6) is 11.5 Å². The van der Waals surface area contributed by atoms with Gasteiger partial charge in [-0.15, -0.1) is 0 Å². The second kappa shape index (κ2) is 5.02. The van der Waals surface area contributed by atoms with Gasteiger partial charge in [-0.1, -0.05) is 17.7 Å². The highest BCUT2D eigenvalue weighted by Gasteiger charge is 2.08. The third-order valence-corrected chi connectivity index (χ3v) is 3.42. The minimum Gasteiger partial charge on any atom is -0.456 e. The maximum absolute atomic E-state index is 6.02. The lowest BCUT2D eigenvalue weighted by Gasteiger charge is -2.12. The van der Waals surface area contributed by atoms with Gasteiger partial charge in [0.25, 0.3) is 0 Å². The fraction of sp³-hybridized carbons (Fsp3) is 0.0625. The van der Waals surface area contributed by atoms with Crippen LogP contribution in [0.1, 0.15) is 5.56 Å². The quantitative estimate of drug-likeness (QED) is 0.701. The normalized spacial score (nSPS) is 10.7. The summed E-state index contributed by atoms with van der Waals surface area (Å²) in [6.45, 7) is 1.98. The van der Waals surface area contributed by atoms with E-state index in [1.807, 2.05) is 37.3 Å². The molecular weight excluding hydrogens is 272 g/mol. The van der Waals surface area contributed by atoms with Crippen molar-refractivity contribution in [3.05, 3.63) is 59.4 Å². The first kappa shape index (κ1) is 12.8. The van der Waals surface area contributed by atoms with Gasteiger partial charge in [0.15, 0.2) is 0 Å². The van der Waals surface area contributed by atoms with E-state index in [0.717, 1.165) is 27.8 Å². The first-order valence-corrected chi connectivity index (χ1v) is 6.59. The first-order valence-electron chi connectivity index (χ1n) is 6.21. The Bertz CT molecular complexity index is 787. The standard InChI is InChI=1S/C16H13ClN2O/c1-10-2-3-11(17)8-16(10)20-15-5-4-14(18)13-9-19-7-6-12(13)15/h2-9H,18H2,1H3. The molecule has 20 heavy (non-hydrogen) atoms. The van der Waals surface area contributed by atoms with Gasteiger partial charge in [-0.3, -0.25) is 4.98 Å². The van der Waals surface area contributed by atoms with Crippen LogP contribution in [-0.4, -0.2) is 4.98 Å². The zero-order valence-electron chi connectivity index (χ0n) is 10.9. The summed E-state index contributed by atoms with van der Waals surface area (Å²) in [6, 6.07) is 11.1. The number of nitrogens with zero attached hydrogens (tertiary/aromatic N) is 1. The number of aryl methyl sites for hydroxylation is 1. The number of pyridine rings is 1. The second-order valence-corrected chi connectivity index (χ2v) is 5.02. The Hall–Kier alpha value is -2.26. The van der Waals surface area contributed by atoms with E-state index in [2.05, 4.69) is 4.98 Å². The Kier molecular flexibility index (Phi) is 3.20. The van der Waals surface area contributed by atoms with Crippen molar-refractivity contribution in [3.8, 4) is 11.5 Å². The summed E-state index contributed by atoms with van der Waals surface area (Å²) in [5.41, 5.74) is 7.66. The number of anilines is 1. The van der Waals surface area contributed by atoms with Crippen LogP contribution < -0.4 is 10.5 Å². The van der Waals surface area contributed by atoms with E-state index in [1.165, 1.54) is 0 Å². The molecule has 0 atom stereocenters. The molecule has 1 aromatic heterocycles. The number of rotatable bonds is 2. The van der Waals surface area contributed by atoms with Crippen molar-refractivity contribution in [3.63, 3.8) is 0 Å². The van der Waals surface area contributed by atoms with Gasteiger partial charge >= 0.3 is 0 Å². The van der Waals surface area contributed by atoms with Crippen LogP contribution in [0, 0.1) is 6.92 Å². The molecule has 100 valence electrons. The Balaban J connectivity index is 2.11. The maximum atomic E-state index is 6.02. The van der Waals surface area contributed by atoms with E-state index in [-0.39, 0.29) is 0 Å². The van der Waals surface area contributed by atoms with Gasteiger partial charge in [0, 0.05) is 33.9 Å². The number of nitrogens with two attached hydrogens (primary N) is 1. The van der Waals surface area contributed by atoms with Gasteiger partial charge in [0.05, 0.1) is 0 Å². The van der Waals surface area contributed by atoms with E-state index in [9.17, 15) is 0 Å². The van der Waals surface area contributed by atoms with Gasteiger partial charge in [0.2, 0.25) is 0 Å². The third-order valence-electron chi connectivity index (χ3n) is 3.18. The maximum Gasteiger partial charge on any atom is 0.135 e. The Labute approximate surface area is 122 Å². The summed E-state index contributed by atoms with van der Waals surface area (Å²) in [5.74, 6) is 1.47. The van der Waals surface area contributed by atoms with E-state index >= 15 is 0 Å². The molecule has 0 aliphatic heterocycles. The van der Waals surface area contributed by atoms with Gasteiger partial charge in [-0.25, -0.2) is 0 Å². The van der Waals surface area contributed by atoms with Crippen LogP contribution in [0.4, 0.5) is 5.69 Å². The van der Waals surface area contributed by atoms with Crippen LogP contribution in [0.25, 0.3) is 10.8 Å². The van der Waals surface area contributed by atoms with Crippen molar-refractivity contribution in [1.82, 2.24) is 4.98 Å². The molecule has 2 aromatic carbocycles. The molecule has 4 heteroatoms. The number of hydrogen-bond donors (Lipinski definition) is 1. The minimum absolute atomic E-state index is 0.645. The molecule has 0 spiro atoms. The SMILES string of the molecule is Cc1ccc(Cl)cc1Oc1ccc(N)c2cnccc12. The van der Waals surface area contributed by atoms with Crippen LogP contribution in [0.2, 0.25) is 5.02 Å². The van der Waals surface area contributed by atoms with Crippen molar-refractivity contribution in [1.29, 1.82) is 0 Å². The predicted molar refractivity (Wildman–Crippen MR) is 82.4 cm³/mol. The average molecular weight is 285 g/mol. The molecule has 0 amide bonds. The number of ether oxygens (including phenoxy) is 1. The van der Waals surface area contributed by atoms with Crippen LogP contribution in [0.3, 0.4) is 0 Å².